The van der Waals surface area contributed by atoms with Crippen molar-refractivity contribution < 1.29 is 9.53 Å². The third-order valence-electron chi connectivity index (χ3n) is 3.86. The number of nitrogens with zero attached hydrogens (tertiary/aromatic N) is 2. The Balaban J connectivity index is 1.75. The summed E-state index contributed by atoms with van der Waals surface area (Å²) in [6, 6.07) is 4.06. The fraction of sp³-hybridized carbons (Fsp3) is 0.625. The van der Waals surface area contributed by atoms with Crippen LogP contribution in [0.15, 0.2) is 18.3 Å². The summed E-state index contributed by atoms with van der Waals surface area (Å²) in [5.41, 5.74) is 1.43. The summed E-state index contributed by atoms with van der Waals surface area (Å²) in [6.07, 6.45) is 5.58. The number of esters is 1. The fourth-order valence-corrected chi connectivity index (χ4v) is 2.64. The van der Waals surface area contributed by atoms with E-state index < -0.39 is 0 Å². The first-order chi connectivity index (χ1) is 10.2. The third kappa shape index (κ3) is 5.10. The highest BCUT2D eigenvalue weighted by Gasteiger charge is 2.13. The van der Waals surface area contributed by atoms with Gasteiger partial charge < -0.3 is 15.0 Å². The van der Waals surface area contributed by atoms with Gasteiger partial charge >= 0.3 is 5.97 Å². The quantitative estimate of drug-likeness (QED) is 0.810. The molecule has 0 aromatic carbocycles. The van der Waals surface area contributed by atoms with Gasteiger partial charge in [-0.05, 0) is 45.0 Å². The van der Waals surface area contributed by atoms with Crippen molar-refractivity contribution in [1.29, 1.82) is 0 Å². The fourth-order valence-electron chi connectivity index (χ4n) is 2.64. The van der Waals surface area contributed by atoms with Crippen LogP contribution in [0.5, 0.6) is 0 Å². The highest BCUT2D eigenvalue weighted by molar-refractivity contribution is 5.88. The van der Waals surface area contributed by atoms with Crippen molar-refractivity contribution in [3.63, 3.8) is 0 Å². The predicted molar refractivity (Wildman–Crippen MR) is 82.2 cm³/mol. The van der Waals surface area contributed by atoms with Gasteiger partial charge in [0.15, 0.2) is 0 Å². The van der Waals surface area contributed by atoms with E-state index in [4.69, 9.17) is 0 Å². The van der Waals surface area contributed by atoms with Gasteiger partial charge in [0.1, 0.15) is 0 Å². The summed E-state index contributed by atoms with van der Waals surface area (Å²) in [6.45, 7) is 6.45. The monoisotopic (exact) mass is 291 g/mol. The normalized spacial score (nSPS) is 17.4. The van der Waals surface area contributed by atoms with E-state index in [0.29, 0.717) is 11.6 Å². The molecule has 1 fully saturated rings. The van der Waals surface area contributed by atoms with Crippen LogP contribution in [0.2, 0.25) is 0 Å². The van der Waals surface area contributed by atoms with Crippen LogP contribution in [0.3, 0.4) is 0 Å². The standard InChI is InChI=1S/C16H25N3O2/c1-13(12-19-8-4-3-5-9-19)17-11-15-7-6-14(10-18-15)16(20)21-2/h6-7,10,13,17H,3-5,8-9,11-12H2,1-2H3. The number of carbonyl (C=O) groups is 1. The maximum atomic E-state index is 11.3. The zero-order chi connectivity index (χ0) is 15.1. The van der Waals surface area contributed by atoms with Gasteiger partial charge in [-0.25, -0.2) is 4.79 Å². The molecule has 0 spiro atoms. The summed E-state index contributed by atoms with van der Waals surface area (Å²) in [5.74, 6) is -0.347. The van der Waals surface area contributed by atoms with Gasteiger partial charge in [0.25, 0.3) is 0 Å². The van der Waals surface area contributed by atoms with Gasteiger partial charge in [0, 0.05) is 25.3 Å². The summed E-state index contributed by atoms with van der Waals surface area (Å²) in [5, 5.41) is 3.49. The molecular formula is C16H25N3O2. The summed E-state index contributed by atoms with van der Waals surface area (Å²) < 4.78 is 4.66. The lowest BCUT2D eigenvalue weighted by atomic mass is 10.1. The van der Waals surface area contributed by atoms with Crippen molar-refractivity contribution >= 4 is 5.97 Å². The number of rotatable bonds is 6. The minimum Gasteiger partial charge on any atom is -0.465 e. The number of hydrogen-bond donors (Lipinski definition) is 1. The van der Waals surface area contributed by atoms with Crippen molar-refractivity contribution in [3.8, 4) is 0 Å². The highest BCUT2D eigenvalue weighted by Crippen LogP contribution is 2.09. The Hall–Kier alpha value is -1.46. The molecule has 1 N–H and O–H groups in total. The third-order valence-corrected chi connectivity index (χ3v) is 3.86. The summed E-state index contributed by atoms with van der Waals surface area (Å²) in [4.78, 5) is 18.1. The van der Waals surface area contributed by atoms with E-state index in [1.807, 2.05) is 6.07 Å². The molecule has 1 aliphatic heterocycles. The highest BCUT2D eigenvalue weighted by atomic mass is 16.5. The zero-order valence-corrected chi connectivity index (χ0v) is 13.0. The predicted octanol–water partition coefficient (Wildman–Crippen LogP) is 1.83. The second-order valence-electron chi connectivity index (χ2n) is 5.67. The largest absolute Gasteiger partial charge is 0.465 e. The minimum atomic E-state index is -0.347. The lowest BCUT2D eigenvalue weighted by Crippen LogP contribution is -2.41. The molecule has 0 aliphatic carbocycles. The molecule has 21 heavy (non-hydrogen) atoms. The Kier molecular flexibility index (Phi) is 6.14. The summed E-state index contributed by atoms with van der Waals surface area (Å²) in [7, 11) is 1.38. The molecule has 2 heterocycles. The van der Waals surface area contributed by atoms with Gasteiger partial charge in [-0.2, -0.15) is 0 Å². The molecule has 116 valence electrons. The number of nitrogens with one attached hydrogen (secondary N) is 1. The van der Waals surface area contributed by atoms with E-state index >= 15 is 0 Å². The first kappa shape index (κ1) is 15.9. The van der Waals surface area contributed by atoms with Crippen LogP contribution >= 0.6 is 0 Å². The molecule has 0 bridgehead atoms. The number of likely N-dealkylation sites (tertiary alicyclic amines) is 1. The molecule has 1 saturated heterocycles. The van der Waals surface area contributed by atoms with Gasteiger partial charge in [-0.3, -0.25) is 4.98 Å². The van der Waals surface area contributed by atoms with Crippen molar-refractivity contribution in [2.24, 2.45) is 0 Å². The molecule has 1 aromatic rings. The molecule has 0 radical (unpaired) electrons. The van der Waals surface area contributed by atoms with Crippen molar-refractivity contribution in [1.82, 2.24) is 15.2 Å². The first-order valence-electron chi connectivity index (χ1n) is 7.68. The molecule has 0 saturated carbocycles. The van der Waals surface area contributed by atoms with Crippen LogP contribution in [0, 0.1) is 0 Å². The lowest BCUT2D eigenvalue weighted by molar-refractivity contribution is 0.0600. The smallest absolute Gasteiger partial charge is 0.339 e. The maximum Gasteiger partial charge on any atom is 0.339 e. The van der Waals surface area contributed by atoms with Gasteiger partial charge in [0.05, 0.1) is 18.4 Å². The van der Waals surface area contributed by atoms with E-state index in [9.17, 15) is 4.79 Å². The van der Waals surface area contributed by atoms with Crippen LogP contribution in [0.1, 0.15) is 42.2 Å². The van der Waals surface area contributed by atoms with Crippen LogP contribution in [-0.4, -0.2) is 48.6 Å². The molecule has 0 amide bonds. The average molecular weight is 291 g/mol. The zero-order valence-electron chi connectivity index (χ0n) is 13.0. The first-order valence-corrected chi connectivity index (χ1v) is 7.68. The van der Waals surface area contributed by atoms with Crippen LogP contribution < -0.4 is 5.32 Å². The molecule has 1 aromatic heterocycles. The second kappa shape index (κ2) is 8.10. The Morgan fingerprint density at radius 2 is 2.14 bits per heavy atom. The molecule has 2 rings (SSSR count). The number of methoxy groups -OCH3 is 1. The lowest BCUT2D eigenvalue weighted by Gasteiger charge is -2.29. The molecule has 5 nitrogen and oxygen atoms in total. The van der Waals surface area contributed by atoms with E-state index in [1.54, 1.807) is 12.3 Å². The SMILES string of the molecule is COC(=O)c1ccc(CNC(C)CN2CCCCC2)nc1. The Labute approximate surface area is 126 Å². The number of ether oxygens (including phenoxy) is 1. The van der Waals surface area contributed by atoms with Gasteiger partial charge in [-0.1, -0.05) is 6.42 Å². The maximum absolute atomic E-state index is 11.3. The molecule has 1 aliphatic rings. The average Bonchev–Trinajstić information content (AvgIpc) is 2.53. The Morgan fingerprint density at radius 3 is 2.76 bits per heavy atom. The van der Waals surface area contributed by atoms with E-state index in [1.165, 1.54) is 39.5 Å². The molecule has 1 unspecified atom stereocenters. The van der Waals surface area contributed by atoms with Gasteiger partial charge in [-0.15, -0.1) is 0 Å². The second-order valence-corrected chi connectivity index (χ2v) is 5.67. The minimum absolute atomic E-state index is 0.347. The van der Waals surface area contributed by atoms with Crippen molar-refractivity contribution in [2.75, 3.05) is 26.7 Å². The number of pyridine rings is 1. The Bertz CT molecular complexity index is 441. The number of piperidine rings is 1. The number of carbonyl (C=O) groups excluding carboxylic acids is 1. The molecule has 1 atom stereocenters. The van der Waals surface area contributed by atoms with Crippen LogP contribution in [0.4, 0.5) is 0 Å². The molecule has 5 heteroatoms. The van der Waals surface area contributed by atoms with Gasteiger partial charge in [0.2, 0.25) is 0 Å². The topological polar surface area (TPSA) is 54.5 Å². The van der Waals surface area contributed by atoms with Crippen molar-refractivity contribution in [3.05, 3.63) is 29.6 Å². The van der Waals surface area contributed by atoms with Crippen LogP contribution in [-0.2, 0) is 11.3 Å². The van der Waals surface area contributed by atoms with E-state index in [2.05, 4.69) is 26.9 Å². The van der Waals surface area contributed by atoms with Crippen molar-refractivity contribution in [2.45, 2.75) is 38.8 Å². The number of hydrogen-bond acceptors (Lipinski definition) is 5. The molecular weight excluding hydrogens is 266 g/mol. The van der Waals surface area contributed by atoms with E-state index in [0.717, 1.165) is 18.8 Å². The summed E-state index contributed by atoms with van der Waals surface area (Å²) >= 11 is 0. The van der Waals surface area contributed by atoms with Crippen LogP contribution in [0.25, 0.3) is 0 Å². The Morgan fingerprint density at radius 1 is 1.38 bits per heavy atom. The number of aromatic nitrogens is 1. The van der Waals surface area contributed by atoms with E-state index in [-0.39, 0.29) is 5.97 Å².